The van der Waals surface area contributed by atoms with Crippen LogP contribution in [0.1, 0.15) is 70.8 Å². The quantitative estimate of drug-likeness (QED) is 0.405. The molecule has 2 heterocycles. The van der Waals surface area contributed by atoms with Gasteiger partial charge in [0.2, 0.25) is 5.91 Å². The van der Waals surface area contributed by atoms with Crippen LogP contribution in [0.3, 0.4) is 0 Å². The summed E-state index contributed by atoms with van der Waals surface area (Å²) in [7, 11) is 1.75. The molecule has 8 heteroatoms. The molecule has 2 amide bonds. The third-order valence-electron chi connectivity index (χ3n) is 7.47. The highest BCUT2D eigenvalue weighted by Crippen LogP contribution is 2.40. The molecule has 194 valence electrons. The molecule has 1 atom stereocenters. The molecule has 0 N–H and O–H groups in total. The Morgan fingerprint density at radius 1 is 1.16 bits per heavy atom. The van der Waals surface area contributed by atoms with E-state index < -0.39 is 0 Å². The molecule has 1 aliphatic heterocycles. The molecule has 6 nitrogen and oxygen atoms in total. The van der Waals surface area contributed by atoms with Crippen LogP contribution in [0.25, 0.3) is 0 Å². The van der Waals surface area contributed by atoms with Crippen molar-refractivity contribution < 1.29 is 18.7 Å². The zero-order chi connectivity index (χ0) is 25.9. The smallest absolute Gasteiger partial charge is 0.273 e. The van der Waals surface area contributed by atoms with Gasteiger partial charge in [0.25, 0.3) is 5.91 Å². The van der Waals surface area contributed by atoms with Gasteiger partial charge in [-0.05, 0) is 67.1 Å². The van der Waals surface area contributed by atoms with Gasteiger partial charge in [-0.1, -0.05) is 31.0 Å². The number of hydrogen-bond donors (Lipinski definition) is 0. The average Bonchev–Trinajstić information content (AvgIpc) is 3.63. The highest BCUT2D eigenvalue weighted by atomic mass is 32.1. The monoisotopic (exact) mass is 521 g/mol. The maximum absolute atomic E-state index is 13.8. The molecule has 1 saturated carbocycles. The average molecular weight is 522 g/mol. The van der Waals surface area contributed by atoms with Crippen LogP contribution < -0.4 is 4.74 Å². The third kappa shape index (κ3) is 5.39. The second kappa shape index (κ2) is 11.0. The van der Waals surface area contributed by atoms with Crippen molar-refractivity contribution in [1.29, 1.82) is 0 Å². The predicted octanol–water partition coefficient (Wildman–Crippen LogP) is 5.62. The number of benzene rings is 2. The lowest BCUT2D eigenvalue weighted by Gasteiger charge is -2.39. The summed E-state index contributed by atoms with van der Waals surface area (Å²) in [6.45, 7) is 3.43. The first-order valence-electron chi connectivity index (χ1n) is 13.0. The Bertz CT molecular complexity index is 1270. The van der Waals surface area contributed by atoms with Gasteiger partial charge in [-0.2, -0.15) is 0 Å². The molecule has 2 aromatic carbocycles. The van der Waals surface area contributed by atoms with E-state index in [2.05, 4.69) is 11.1 Å². The van der Waals surface area contributed by atoms with Crippen molar-refractivity contribution >= 4 is 23.2 Å². The Labute approximate surface area is 221 Å². The predicted molar refractivity (Wildman–Crippen MR) is 141 cm³/mol. The van der Waals surface area contributed by atoms with Crippen LogP contribution in [-0.4, -0.2) is 46.7 Å². The zero-order valence-corrected chi connectivity index (χ0v) is 22.1. The second-order valence-corrected chi connectivity index (χ2v) is 10.8. The summed E-state index contributed by atoms with van der Waals surface area (Å²) in [4.78, 5) is 34.0. The first-order chi connectivity index (χ1) is 17.9. The van der Waals surface area contributed by atoms with Gasteiger partial charge in [-0.3, -0.25) is 9.59 Å². The number of halogens is 1. The number of carbonyl (C=O) groups is 2. The lowest BCUT2D eigenvalue weighted by molar-refractivity contribution is -0.137. The minimum Gasteiger partial charge on any atom is -0.486 e. The standard InChI is InChI=1S/C29H32FN3O3S/c1-3-32(2)29(35)25-18-37-26(31-25)17-36-23-13-10-19-14-15-33(28(34)21-6-4-5-7-21)27(24(19)16-23)20-8-11-22(30)12-9-20/h8-13,16,18,21,27H,3-7,14-15,17H2,1-2H3. The van der Waals surface area contributed by atoms with E-state index in [0.29, 0.717) is 24.5 Å². The van der Waals surface area contributed by atoms with Gasteiger partial charge in [0, 0.05) is 31.4 Å². The Morgan fingerprint density at radius 3 is 2.65 bits per heavy atom. The summed E-state index contributed by atoms with van der Waals surface area (Å²) in [5.74, 6) is 0.540. The van der Waals surface area contributed by atoms with Crippen molar-refractivity contribution in [3.63, 3.8) is 0 Å². The van der Waals surface area contributed by atoms with Crippen LogP contribution in [0.5, 0.6) is 5.75 Å². The summed E-state index contributed by atoms with van der Waals surface area (Å²) < 4.78 is 19.9. The Hall–Kier alpha value is -3.26. The number of carbonyl (C=O) groups excluding carboxylic acids is 2. The van der Waals surface area contributed by atoms with Gasteiger partial charge in [-0.25, -0.2) is 9.37 Å². The SMILES string of the molecule is CCN(C)C(=O)c1csc(COc2ccc3c(c2)C(c2ccc(F)cc2)N(C(=O)C2CCCC2)CC3)n1. The van der Waals surface area contributed by atoms with E-state index in [0.717, 1.165) is 48.2 Å². The van der Waals surface area contributed by atoms with Crippen LogP contribution in [0, 0.1) is 11.7 Å². The minimum atomic E-state index is -0.294. The van der Waals surface area contributed by atoms with Crippen LogP contribution in [0.15, 0.2) is 47.8 Å². The van der Waals surface area contributed by atoms with E-state index in [9.17, 15) is 14.0 Å². The molecule has 0 bridgehead atoms. The lowest BCUT2D eigenvalue weighted by Crippen LogP contribution is -2.43. The van der Waals surface area contributed by atoms with Gasteiger partial charge in [-0.15, -0.1) is 11.3 Å². The van der Waals surface area contributed by atoms with Gasteiger partial charge < -0.3 is 14.5 Å². The Morgan fingerprint density at radius 2 is 1.92 bits per heavy atom. The molecule has 1 unspecified atom stereocenters. The zero-order valence-electron chi connectivity index (χ0n) is 21.3. The molecule has 1 aromatic heterocycles. The maximum atomic E-state index is 13.8. The highest BCUT2D eigenvalue weighted by molar-refractivity contribution is 7.09. The van der Waals surface area contributed by atoms with Crippen molar-refractivity contribution in [1.82, 2.24) is 14.8 Å². The van der Waals surface area contributed by atoms with Crippen molar-refractivity contribution in [3.05, 3.63) is 81.1 Å². The van der Waals surface area contributed by atoms with Crippen LogP contribution >= 0.6 is 11.3 Å². The number of nitrogens with zero attached hydrogens (tertiary/aromatic N) is 3. The van der Waals surface area contributed by atoms with Gasteiger partial charge in [0.05, 0.1) is 6.04 Å². The van der Waals surface area contributed by atoms with Crippen LogP contribution in [-0.2, 0) is 17.8 Å². The summed E-state index contributed by atoms with van der Waals surface area (Å²) >= 11 is 1.40. The third-order valence-corrected chi connectivity index (χ3v) is 8.30. The fourth-order valence-electron chi connectivity index (χ4n) is 5.29. The highest BCUT2D eigenvalue weighted by Gasteiger charge is 2.36. The lowest BCUT2D eigenvalue weighted by atomic mass is 9.87. The fraction of sp³-hybridized carbons (Fsp3) is 0.414. The molecule has 0 spiro atoms. The van der Waals surface area contributed by atoms with Gasteiger partial charge in [0.15, 0.2) is 0 Å². The number of fused-ring (bicyclic) bond motifs is 1. The summed E-state index contributed by atoms with van der Waals surface area (Å²) in [5.41, 5.74) is 3.51. The Kier molecular flexibility index (Phi) is 7.55. The molecule has 5 rings (SSSR count). The normalized spacial score (nSPS) is 17.5. The van der Waals surface area contributed by atoms with Crippen LogP contribution in [0.2, 0.25) is 0 Å². The first kappa shape index (κ1) is 25.4. The maximum Gasteiger partial charge on any atom is 0.273 e. The summed E-state index contributed by atoms with van der Waals surface area (Å²) in [6, 6.07) is 12.2. The van der Waals surface area contributed by atoms with Crippen LogP contribution in [0.4, 0.5) is 4.39 Å². The molecule has 3 aromatic rings. The number of thiazole rings is 1. The molecule has 0 radical (unpaired) electrons. The number of ether oxygens (including phenoxy) is 1. The van der Waals surface area contributed by atoms with E-state index in [-0.39, 0.29) is 36.2 Å². The van der Waals surface area contributed by atoms with E-state index in [1.807, 2.05) is 24.0 Å². The first-order valence-corrected chi connectivity index (χ1v) is 13.8. The number of aromatic nitrogens is 1. The number of hydrogen-bond acceptors (Lipinski definition) is 5. The van der Waals surface area contributed by atoms with Crippen molar-refractivity contribution in [2.75, 3.05) is 20.1 Å². The largest absolute Gasteiger partial charge is 0.486 e. The Balaban J connectivity index is 1.40. The minimum absolute atomic E-state index is 0.0671. The molecule has 37 heavy (non-hydrogen) atoms. The molecule has 0 saturated heterocycles. The van der Waals surface area contributed by atoms with Gasteiger partial charge >= 0.3 is 0 Å². The molecular formula is C29H32FN3O3S. The van der Waals surface area contributed by atoms with E-state index in [4.69, 9.17) is 4.74 Å². The molecule has 2 aliphatic rings. The van der Waals surface area contributed by atoms with E-state index in [1.54, 1.807) is 29.5 Å². The topological polar surface area (TPSA) is 62.7 Å². The molecule has 1 fully saturated rings. The van der Waals surface area contributed by atoms with Crippen molar-refractivity contribution in [3.8, 4) is 5.75 Å². The molecular weight excluding hydrogens is 489 g/mol. The van der Waals surface area contributed by atoms with Crippen molar-refractivity contribution in [2.45, 2.75) is 51.7 Å². The summed E-state index contributed by atoms with van der Waals surface area (Å²) in [6.07, 6.45) is 4.84. The van der Waals surface area contributed by atoms with E-state index in [1.165, 1.54) is 29.0 Å². The number of amides is 2. The van der Waals surface area contributed by atoms with Gasteiger partial charge in [0.1, 0.15) is 28.9 Å². The number of rotatable bonds is 7. The second-order valence-electron chi connectivity index (χ2n) is 9.81. The van der Waals surface area contributed by atoms with Crippen molar-refractivity contribution in [2.24, 2.45) is 5.92 Å². The molecule has 1 aliphatic carbocycles. The summed E-state index contributed by atoms with van der Waals surface area (Å²) in [5, 5.41) is 2.48. The van der Waals surface area contributed by atoms with E-state index >= 15 is 0 Å². The fourth-order valence-corrected chi connectivity index (χ4v) is 5.97.